The molecule has 0 rings (SSSR count). The molecular formula is C22H52NO4PS. The summed E-state index contributed by atoms with van der Waals surface area (Å²) in [5, 5.41) is 12.1. The molecule has 0 radical (unpaired) electrons. The number of carbonyl (C=O) groups excluding carboxylic acids is 1. The fraction of sp³-hybridized carbons (Fsp3) is 0.955. The lowest BCUT2D eigenvalue weighted by Crippen LogP contribution is -2.29. The van der Waals surface area contributed by atoms with Crippen molar-refractivity contribution in [1.29, 1.82) is 0 Å². The van der Waals surface area contributed by atoms with Crippen molar-refractivity contribution in [1.82, 2.24) is 5.32 Å². The first-order valence-corrected chi connectivity index (χ1v) is 12.2. The van der Waals surface area contributed by atoms with Crippen LogP contribution in [0, 0.1) is 11.3 Å². The summed E-state index contributed by atoms with van der Waals surface area (Å²) < 4.78 is 9.97. The van der Waals surface area contributed by atoms with Crippen LogP contribution in [0.15, 0.2) is 0 Å². The van der Waals surface area contributed by atoms with Crippen molar-refractivity contribution in [2.45, 2.75) is 101 Å². The standard InChI is InChI=1S/C9H19O3PS.C6H15N.C5H12O.C2H6/c1-9(2,3)8(10)14-7-6-11-4-5-12-13;1-5(2)7-6(3)4;1-4(2)5(3)6;1-2/h4-7,13H2,1-3H3;5-7H,1-4H3;4-6H,1-3H3;1-2H3. The Morgan fingerprint density at radius 1 is 0.966 bits per heavy atom. The zero-order valence-electron chi connectivity index (χ0n) is 21.3. The van der Waals surface area contributed by atoms with E-state index in [1.807, 2.05) is 48.5 Å². The van der Waals surface area contributed by atoms with Crippen LogP contribution >= 0.6 is 21.2 Å². The van der Waals surface area contributed by atoms with E-state index < -0.39 is 0 Å². The molecule has 0 saturated carbocycles. The number of nitrogens with one attached hydrogen (secondary N) is 1. The Bertz CT molecular complexity index is 321. The number of rotatable bonds is 9. The number of hydrogen-bond acceptors (Lipinski definition) is 6. The predicted molar refractivity (Wildman–Crippen MR) is 135 cm³/mol. The number of ether oxygens (including phenoxy) is 1. The lowest BCUT2D eigenvalue weighted by Gasteiger charge is -2.15. The van der Waals surface area contributed by atoms with Crippen LogP contribution in [0.1, 0.15) is 83.1 Å². The molecule has 7 heteroatoms. The van der Waals surface area contributed by atoms with Gasteiger partial charge in [0.05, 0.1) is 25.9 Å². The van der Waals surface area contributed by atoms with Crippen molar-refractivity contribution >= 4 is 26.3 Å². The van der Waals surface area contributed by atoms with Gasteiger partial charge in [0.2, 0.25) is 0 Å². The van der Waals surface area contributed by atoms with Crippen molar-refractivity contribution < 1.29 is 19.2 Å². The summed E-state index contributed by atoms with van der Waals surface area (Å²) in [7, 11) is 2.17. The van der Waals surface area contributed by atoms with E-state index in [0.29, 0.717) is 43.6 Å². The van der Waals surface area contributed by atoms with E-state index in [1.54, 1.807) is 6.92 Å². The maximum atomic E-state index is 11.4. The lowest BCUT2D eigenvalue weighted by atomic mass is 10.00. The van der Waals surface area contributed by atoms with Gasteiger partial charge in [-0.25, -0.2) is 0 Å². The lowest BCUT2D eigenvalue weighted by molar-refractivity contribution is -0.117. The predicted octanol–water partition coefficient (Wildman–Crippen LogP) is 5.56. The Kier molecular flexibility index (Phi) is 31.0. The molecule has 2 atom stereocenters. The molecule has 0 aromatic carbocycles. The first-order valence-electron chi connectivity index (χ1n) is 10.8. The third-order valence-corrected chi connectivity index (χ3v) is 4.53. The van der Waals surface area contributed by atoms with Crippen molar-refractivity contribution in [2.24, 2.45) is 11.3 Å². The Labute approximate surface area is 189 Å². The second kappa shape index (κ2) is 24.6. The highest BCUT2D eigenvalue weighted by molar-refractivity contribution is 8.13. The van der Waals surface area contributed by atoms with Crippen LogP contribution in [0.3, 0.4) is 0 Å². The van der Waals surface area contributed by atoms with E-state index >= 15 is 0 Å². The summed E-state index contributed by atoms with van der Waals surface area (Å²) in [6, 6.07) is 1.25. The Balaban J connectivity index is -0.000000174. The average Bonchev–Trinajstić information content (AvgIpc) is 2.58. The van der Waals surface area contributed by atoms with Gasteiger partial charge in [0, 0.05) is 32.7 Å². The van der Waals surface area contributed by atoms with Gasteiger partial charge in [0.15, 0.2) is 5.12 Å². The van der Waals surface area contributed by atoms with Gasteiger partial charge in [0.1, 0.15) is 0 Å². The Hall–Kier alpha value is 0.290. The maximum Gasteiger partial charge on any atom is 0.194 e. The fourth-order valence-electron chi connectivity index (χ4n) is 1.29. The minimum atomic E-state index is -0.256. The molecule has 29 heavy (non-hydrogen) atoms. The van der Waals surface area contributed by atoms with Crippen molar-refractivity contribution in [3.63, 3.8) is 0 Å². The molecule has 2 unspecified atom stereocenters. The van der Waals surface area contributed by atoms with Gasteiger partial charge in [-0.2, -0.15) is 0 Å². The largest absolute Gasteiger partial charge is 0.393 e. The zero-order valence-corrected chi connectivity index (χ0v) is 23.3. The fourth-order valence-corrected chi connectivity index (χ4v) is 2.20. The number of aliphatic hydroxyl groups excluding tert-OH is 1. The van der Waals surface area contributed by atoms with Gasteiger partial charge in [-0.15, -0.1) is 0 Å². The van der Waals surface area contributed by atoms with Crippen LogP contribution in [0.25, 0.3) is 0 Å². The molecule has 5 nitrogen and oxygen atoms in total. The average molecular weight is 458 g/mol. The molecule has 0 aliphatic rings. The zero-order chi connectivity index (χ0) is 24.0. The Morgan fingerprint density at radius 2 is 1.38 bits per heavy atom. The maximum absolute atomic E-state index is 11.4. The normalized spacial score (nSPS) is 11.8. The van der Waals surface area contributed by atoms with Gasteiger partial charge in [-0.1, -0.05) is 87.9 Å². The SMILES string of the molecule is CC.CC(C)(C)C(=O)SCCOCCOP.CC(C)C(C)O.CC(C)NC(C)C. The molecule has 0 saturated heterocycles. The van der Waals surface area contributed by atoms with Crippen molar-refractivity contribution in [3.05, 3.63) is 0 Å². The van der Waals surface area contributed by atoms with E-state index in [2.05, 4.69) is 42.5 Å². The van der Waals surface area contributed by atoms with Gasteiger partial charge < -0.3 is 19.7 Å². The minimum absolute atomic E-state index is 0.148. The third kappa shape index (κ3) is 39.4. The summed E-state index contributed by atoms with van der Waals surface area (Å²) in [5.41, 5.74) is -0.256. The molecule has 0 amide bonds. The summed E-state index contributed by atoms with van der Waals surface area (Å²) >= 11 is 1.33. The topological polar surface area (TPSA) is 67.8 Å². The van der Waals surface area contributed by atoms with E-state index in [9.17, 15) is 4.79 Å². The monoisotopic (exact) mass is 457 g/mol. The molecule has 0 heterocycles. The van der Waals surface area contributed by atoms with Gasteiger partial charge in [-0.05, 0) is 12.8 Å². The molecule has 0 aliphatic carbocycles. The van der Waals surface area contributed by atoms with E-state index in [0.717, 1.165) is 0 Å². The van der Waals surface area contributed by atoms with Crippen LogP contribution in [-0.2, 0) is 14.1 Å². The van der Waals surface area contributed by atoms with Crippen LogP contribution in [0.4, 0.5) is 0 Å². The highest BCUT2D eigenvalue weighted by Crippen LogP contribution is 2.22. The van der Waals surface area contributed by atoms with Crippen LogP contribution < -0.4 is 5.32 Å². The molecular weight excluding hydrogens is 405 g/mol. The van der Waals surface area contributed by atoms with Gasteiger partial charge in [0.25, 0.3) is 0 Å². The highest BCUT2D eigenvalue weighted by atomic mass is 32.2. The molecule has 180 valence electrons. The summed E-state index contributed by atoms with van der Waals surface area (Å²) in [4.78, 5) is 11.4. The molecule has 2 N–H and O–H groups in total. The number of carbonyl (C=O) groups is 1. The van der Waals surface area contributed by atoms with Crippen molar-refractivity contribution in [2.75, 3.05) is 25.6 Å². The number of aliphatic hydroxyl groups is 1. The first-order chi connectivity index (χ1) is 13.3. The van der Waals surface area contributed by atoms with Crippen LogP contribution in [0.2, 0.25) is 0 Å². The smallest absolute Gasteiger partial charge is 0.194 e. The summed E-state index contributed by atoms with van der Waals surface area (Å²) in [6.45, 7) is 25.9. The quantitative estimate of drug-likeness (QED) is 0.349. The molecule has 0 fully saturated rings. The van der Waals surface area contributed by atoms with E-state index in [-0.39, 0.29) is 16.6 Å². The van der Waals surface area contributed by atoms with Gasteiger partial charge in [-0.3, -0.25) is 4.79 Å². The molecule has 0 spiro atoms. The second-order valence-electron chi connectivity index (χ2n) is 8.33. The second-order valence-corrected chi connectivity index (χ2v) is 9.73. The van der Waals surface area contributed by atoms with Gasteiger partial charge >= 0.3 is 0 Å². The van der Waals surface area contributed by atoms with E-state index in [4.69, 9.17) is 14.4 Å². The summed E-state index contributed by atoms with van der Waals surface area (Å²) in [6.07, 6.45) is -0.148. The molecule has 0 aliphatic heterocycles. The molecule has 0 aromatic heterocycles. The summed E-state index contributed by atoms with van der Waals surface area (Å²) in [5.74, 6) is 1.12. The van der Waals surface area contributed by atoms with Crippen LogP contribution in [-0.4, -0.2) is 54.0 Å². The first kappa shape index (κ1) is 36.7. The molecule has 0 bridgehead atoms. The Morgan fingerprint density at radius 3 is 1.62 bits per heavy atom. The number of hydrogen-bond donors (Lipinski definition) is 2. The third-order valence-electron chi connectivity index (χ3n) is 3.05. The van der Waals surface area contributed by atoms with Crippen LogP contribution in [0.5, 0.6) is 0 Å². The number of thioether (sulfide) groups is 1. The van der Waals surface area contributed by atoms with E-state index in [1.165, 1.54) is 11.8 Å². The minimum Gasteiger partial charge on any atom is -0.393 e. The highest BCUT2D eigenvalue weighted by Gasteiger charge is 2.20. The van der Waals surface area contributed by atoms with Crippen molar-refractivity contribution in [3.8, 4) is 0 Å². The molecule has 0 aromatic rings.